The lowest BCUT2D eigenvalue weighted by atomic mass is 10.1. The molecule has 0 aromatic heterocycles. The highest BCUT2D eigenvalue weighted by atomic mass is 79.9. The number of methoxy groups -OCH3 is 2. The number of ether oxygens (including phenoxy) is 2. The van der Waals surface area contributed by atoms with Gasteiger partial charge in [-0.2, -0.15) is 0 Å². The number of rotatable bonds is 4. The summed E-state index contributed by atoms with van der Waals surface area (Å²) in [4.78, 5) is 15.6. The highest BCUT2D eigenvalue weighted by Gasteiger charge is 2.20. The van der Waals surface area contributed by atoms with Crippen molar-refractivity contribution in [1.82, 2.24) is 9.80 Å². The first-order valence-corrected chi connectivity index (χ1v) is 7.73. The smallest absolute Gasteiger partial charge is 0.219 e. The molecule has 0 spiro atoms. The first kappa shape index (κ1) is 16.1. The standard InChI is InChI=1S/C15H21BrN2O3/c1-11(19)18-8-6-17(7-9-18)10-12-4-5-13(20-2)15(21-3)14(12)16/h4-5H,6-10H2,1-3H3. The molecule has 0 unspecified atom stereocenters. The molecule has 0 radical (unpaired) electrons. The zero-order valence-electron chi connectivity index (χ0n) is 12.7. The van der Waals surface area contributed by atoms with Crippen molar-refractivity contribution in [3.05, 3.63) is 22.2 Å². The Labute approximate surface area is 133 Å². The SMILES string of the molecule is COc1ccc(CN2CCN(C(C)=O)CC2)c(Br)c1OC. The molecule has 1 aliphatic heterocycles. The van der Waals surface area contributed by atoms with Gasteiger partial charge in [-0.3, -0.25) is 9.69 Å². The molecule has 6 heteroatoms. The van der Waals surface area contributed by atoms with Crippen LogP contribution in [0.25, 0.3) is 0 Å². The molecule has 0 aliphatic carbocycles. The second-order valence-electron chi connectivity index (χ2n) is 5.06. The lowest BCUT2D eigenvalue weighted by molar-refractivity contribution is -0.130. The van der Waals surface area contributed by atoms with E-state index in [2.05, 4.69) is 20.8 Å². The average Bonchev–Trinajstić information content (AvgIpc) is 2.49. The zero-order valence-corrected chi connectivity index (χ0v) is 14.3. The van der Waals surface area contributed by atoms with E-state index in [1.807, 2.05) is 17.0 Å². The first-order chi connectivity index (χ1) is 10.1. The van der Waals surface area contributed by atoms with Gasteiger partial charge in [0.25, 0.3) is 0 Å². The molecule has 0 N–H and O–H groups in total. The Morgan fingerprint density at radius 1 is 1.19 bits per heavy atom. The maximum absolute atomic E-state index is 11.3. The maximum Gasteiger partial charge on any atom is 0.219 e. The molecule has 1 heterocycles. The number of carbonyl (C=O) groups is 1. The Morgan fingerprint density at radius 3 is 2.38 bits per heavy atom. The van der Waals surface area contributed by atoms with Crippen LogP contribution < -0.4 is 9.47 Å². The van der Waals surface area contributed by atoms with E-state index < -0.39 is 0 Å². The molecule has 1 saturated heterocycles. The largest absolute Gasteiger partial charge is 0.493 e. The molecular weight excluding hydrogens is 336 g/mol. The van der Waals surface area contributed by atoms with Crippen LogP contribution in [-0.2, 0) is 11.3 Å². The van der Waals surface area contributed by atoms with E-state index in [1.165, 1.54) is 0 Å². The summed E-state index contributed by atoms with van der Waals surface area (Å²) in [6.07, 6.45) is 0. The number of carbonyl (C=O) groups excluding carboxylic acids is 1. The fraction of sp³-hybridized carbons (Fsp3) is 0.533. The van der Waals surface area contributed by atoms with Gasteiger partial charge in [0, 0.05) is 39.6 Å². The summed E-state index contributed by atoms with van der Waals surface area (Å²) in [5, 5.41) is 0. The van der Waals surface area contributed by atoms with Gasteiger partial charge in [-0.05, 0) is 27.6 Å². The summed E-state index contributed by atoms with van der Waals surface area (Å²) in [7, 11) is 3.27. The van der Waals surface area contributed by atoms with Crippen LogP contribution >= 0.6 is 15.9 Å². The lowest BCUT2D eigenvalue weighted by Crippen LogP contribution is -2.47. The Hall–Kier alpha value is -1.27. The number of hydrogen-bond donors (Lipinski definition) is 0. The molecule has 0 saturated carbocycles. The quantitative estimate of drug-likeness (QED) is 0.828. The second-order valence-corrected chi connectivity index (χ2v) is 5.85. The van der Waals surface area contributed by atoms with Crippen LogP contribution in [0, 0.1) is 0 Å². The van der Waals surface area contributed by atoms with E-state index in [4.69, 9.17) is 9.47 Å². The van der Waals surface area contributed by atoms with Gasteiger partial charge in [0.2, 0.25) is 5.91 Å². The van der Waals surface area contributed by atoms with E-state index in [-0.39, 0.29) is 5.91 Å². The van der Waals surface area contributed by atoms with E-state index >= 15 is 0 Å². The molecule has 1 aromatic rings. The van der Waals surface area contributed by atoms with E-state index in [1.54, 1.807) is 21.1 Å². The minimum Gasteiger partial charge on any atom is -0.493 e. The molecular formula is C15H21BrN2O3. The maximum atomic E-state index is 11.3. The number of benzene rings is 1. The van der Waals surface area contributed by atoms with Crippen LogP contribution in [0.3, 0.4) is 0 Å². The fourth-order valence-corrected chi connectivity index (χ4v) is 3.13. The summed E-state index contributed by atoms with van der Waals surface area (Å²) in [6.45, 7) is 5.81. The summed E-state index contributed by atoms with van der Waals surface area (Å²) in [6, 6.07) is 3.97. The average molecular weight is 357 g/mol. The van der Waals surface area contributed by atoms with Gasteiger partial charge in [0.1, 0.15) is 0 Å². The van der Waals surface area contributed by atoms with Crippen LogP contribution in [0.4, 0.5) is 0 Å². The molecule has 116 valence electrons. The predicted molar refractivity (Wildman–Crippen MR) is 84.8 cm³/mol. The highest BCUT2D eigenvalue weighted by Crippen LogP contribution is 2.38. The third kappa shape index (κ3) is 3.68. The van der Waals surface area contributed by atoms with Gasteiger partial charge in [-0.1, -0.05) is 6.07 Å². The van der Waals surface area contributed by atoms with Crippen molar-refractivity contribution in [3.63, 3.8) is 0 Å². The Morgan fingerprint density at radius 2 is 1.86 bits per heavy atom. The third-order valence-electron chi connectivity index (χ3n) is 3.78. The van der Waals surface area contributed by atoms with Crippen LogP contribution in [0.15, 0.2) is 16.6 Å². The van der Waals surface area contributed by atoms with Gasteiger partial charge < -0.3 is 14.4 Å². The number of nitrogens with zero attached hydrogens (tertiary/aromatic N) is 2. The molecule has 1 aliphatic rings. The Bertz CT molecular complexity index is 514. The van der Waals surface area contributed by atoms with Crippen LogP contribution in [0.5, 0.6) is 11.5 Å². The van der Waals surface area contributed by atoms with E-state index in [0.29, 0.717) is 0 Å². The number of hydrogen-bond acceptors (Lipinski definition) is 4. The third-order valence-corrected chi connectivity index (χ3v) is 4.65. The van der Waals surface area contributed by atoms with Gasteiger partial charge in [-0.25, -0.2) is 0 Å². The van der Waals surface area contributed by atoms with Crippen LogP contribution in [-0.4, -0.2) is 56.1 Å². The Balaban J connectivity index is 2.06. The van der Waals surface area contributed by atoms with Crippen LogP contribution in [0.1, 0.15) is 12.5 Å². The van der Waals surface area contributed by atoms with Gasteiger partial charge in [0.15, 0.2) is 11.5 Å². The highest BCUT2D eigenvalue weighted by molar-refractivity contribution is 9.10. The zero-order chi connectivity index (χ0) is 15.4. The van der Waals surface area contributed by atoms with E-state index in [9.17, 15) is 4.79 Å². The fourth-order valence-electron chi connectivity index (χ4n) is 2.51. The number of halogens is 1. The molecule has 2 rings (SSSR count). The number of piperazine rings is 1. The number of amides is 1. The van der Waals surface area contributed by atoms with Crippen molar-refractivity contribution in [2.45, 2.75) is 13.5 Å². The van der Waals surface area contributed by atoms with E-state index in [0.717, 1.165) is 54.3 Å². The summed E-state index contributed by atoms with van der Waals surface area (Å²) >= 11 is 3.60. The van der Waals surface area contributed by atoms with Crippen molar-refractivity contribution in [3.8, 4) is 11.5 Å². The molecule has 21 heavy (non-hydrogen) atoms. The normalized spacial score (nSPS) is 15.9. The monoisotopic (exact) mass is 356 g/mol. The molecule has 1 aromatic carbocycles. The first-order valence-electron chi connectivity index (χ1n) is 6.94. The minimum absolute atomic E-state index is 0.155. The van der Waals surface area contributed by atoms with Crippen LogP contribution in [0.2, 0.25) is 0 Å². The van der Waals surface area contributed by atoms with Gasteiger partial charge in [0.05, 0.1) is 18.7 Å². The molecule has 1 amide bonds. The molecule has 0 atom stereocenters. The summed E-state index contributed by atoms with van der Waals surface area (Å²) < 4.78 is 11.6. The second kappa shape index (κ2) is 7.13. The van der Waals surface area contributed by atoms with Gasteiger partial charge >= 0.3 is 0 Å². The van der Waals surface area contributed by atoms with Crippen molar-refractivity contribution in [2.75, 3.05) is 40.4 Å². The molecule has 1 fully saturated rings. The predicted octanol–water partition coefficient (Wildman–Crippen LogP) is 2.13. The molecule has 5 nitrogen and oxygen atoms in total. The Kier molecular flexibility index (Phi) is 5.47. The van der Waals surface area contributed by atoms with Crippen molar-refractivity contribution in [2.24, 2.45) is 0 Å². The minimum atomic E-state index is 0.155. The van der Waals surface area contributed by atoms with Crippen molar-refractivity contribution >= 4 is 21.8 Å². The van der Waals surface area contributed by atoms with Crippen molar-refractivity contribution in [1.29, 1.82) is 0 Å². The van der Waals surface area contributed by atoms with Crippen molar-refractivity contribution < 1.29 is 14.3 Å². The van der Waals surface area contributed by atoms with Gasteiger partial charge in [-0.15, -0.1) is 0 Å². The summed E-state index contributed by atoms with van der Waals surface area (Å²) in [5.74, 6) is 1.59. The lowest BCUT2D eigenvalue weighted by Gasteiger charge is -2.34. The molecule has 0 bridgehead atoms. The summed E-state index contributed by atoms with van der Waals surface area (Å²) in [5.41, 5.74) is 1.16. The topological polar surface area (TPSA) is 42.0 Å².